The van der Waals surface area contributed by atoms with Crippen LogP contribution in [0.5, 0.6) is 0 Å². The molecular weight excluding hydrogens is 539 g/mol. The number of pyridine rings is 2. The van der Waals surface area contributed by atoms with Gasteiger partial charge in [0.2, 0.25) is 0 Å². The number of hydrogen-bond acceptors (Lipinski definition) is 9. The van der Waals surface area contributed by atoms with Gasteiger partial charge in [-0.3, -0.25) is 14.6 Å². The first-order chi connectivity index (χ1) is 20.1. The van der Waals surface area contributed by atoms with Crippen molar-refractivity contribution in [3.05, 3.63) is 78.3 Å². The van der Waals surface area contributed by atoms with Crippen molar-refractivity contribution in [3.63, 3.8) is 0 Å². The van der Waals surface area contributed by atoms with Crippen molar-refractivity contribution in [2.24, 2.45) is 11.7 Å². The Morgan fingerprint density at radius 2 is 1.90 bits per heavy atom. The summed E-state index contributed by atoms with van der Waals surface area (Å²) in [6.07, 6.45) is 6.63. The maximum Gasteiger partial charge on any atom is 0.276 e. The lowest BCUT2D eigenvalue weighted by molar-refractivity contribution is 0.0942. The number of nitrogens with zero attached hydrogens (tertiary/aromatic N) is 6. The molecule has 1 aliphatic rings. The minimum Gasteiger partial charge on any atom is -0.397 e. The first-order valence-electron chi connectivity index (χ1n) is 13.6. The third-order valence-corrected chi connectivity index (χ3v) is 7.16. The van der Waals surface area contributed by atoms with Crippen LogP contribution in [0.3, 0.4) is 0 Å². The number of amides is 2. The topological polar surface area (TPSA) is 170 Å². The summed E-state index contributed by atoms with van der Waals surface area (Å²) < 4.78 is 16.7. The molecule has 0 aliphatic carbocycles. The van der Waals surface area contributed by atoms with Crippen LogP contribution in [0.4, 0.5) is 21.5 Å². The van der Waals surface area contributed by atoms with Crippen LogP contribution in [-0.2, 0) is 0 Å². The highest BCUT2D eigenvalue weighted by molar-refractivity contribution is 6.08. The van der Waals surface area contributed by atoms with Crippen molar-refractivity contribution in [1.82, 2.24) is 30.3 Å². The average Bonchev–Trinajstić information content (AvgIpc) is 3.47. The fourth-order valence-corrected chi connectivity index (χ4v) is 5.30. The molecule has 3 atom stereocenters. The molecule has 4 heterocycles. The van der Waals surface area contributed by atoms with Crippen LogP contribution in [0.2, 0.25) is 0 Å². The number of hydrogen-bond donors (Lipinski definition) is 4. The van der Waals surface area contributed by atoms with E-state index in [1.807, 2.05) is 20.0 Å². The van der Waals surface area contributed by atoms with E-state index in [4.69, 9.17) is 11.5 Å². The Hall–Kier alpha value is -4.91. The van der Waals surface area contributed by atoms with Crippen LogP contribution in [-0.4, -0.2) is 61.9 Å². The Morgan fingerprint density at radius 1 is 1.10 bits per heavy atom. The zero-order valence-corrected chi connectivity index (χ0v) is 23.5. The maximum absolute atomic E-state index is 14.9. The smallest absolute Gasteiger partial charge is 0.276 e. The maximum atomic E-state index is 14.9. The number of halogens is 1. The van der Waals surface area contributed by atoms with Gasteiger partial charge in [0, 0.05) is 48.7 Å². The van der Waals surface area contributed by atoms with E-state index in [2.05, 4.69) is 42.7 Å². The van der Waals surface area contributed by atoms with Crippen molar-refractivity contribution in [3.8, 4) is 11.3 Å². The zero-order valence-electron chi connectivity index (χ0n) is 23.5. The van der Waals surface area contributed by atoms with Gasteiger partial charge in [0.25, 0.3) is 11.8 Å². The van der Waals surface area contributed by atoms with Gasteiger partial charge in [-0.05, 0) is 56.2 Å². The van der Waals surface area contributed by atoms with E-state index in [1.165, 1.54) is 30.3 Å². The van der Waals surface area contributed by atoms with Gasteiger partial charge in [-0.1, -0.05) is 12.1 Å². The van der Waals surface area contributed by atoms with Crippen molar-refractivity contribution < 1.29 is 14.0 Å². The molecule has 2 amide bonds. The molecule has 3 aromatic heterocycles. The standard InChI is InChI=1S/C29H33FN10O2/c1-16(2)35-28(41)18-4-5-20(30)19(12-18)23-7-6-21(31)26(36-23)29(42)37-24-13-33-9-8-25(24)39-14-17(3)27(22(32)15-39)40-11-10-34-38-40/h4-13,16-17,22,27H,14-15,31-32H2,1-3H3,(H,35,41)(H,37,42)/t17-,22+,27-/m0/s1. The number of carbonyl (C=O) groups is 2. The van der Waals surface area contributed by atoms with Gasteiger partial charge in [0.1, 0.15) is 5.82 Å². The second kappa shape index (κ2) is 11.9. The Bertz CT molecular complexity index is 1580. The molecule has 0 bridgehead atoms. The molecule has 4 aromatic rings. The fraction of sp³-hybridized carbons (Fsp3) is 0.310. The van der Waals surface area contributed by atoms with Gasteiger partial charge in [-0.15, -0.1) is 5.10 Å². The molecule has 1 aliphatic heterocycles. The highest BCUT2D eigenvalue weighted by Gasteiger charge is 2.35. The fourth-order valence-electron chi connectivity index (χ4n) is 5.30. The van der Waals surface area contributed by atoms with Crippen LogP contribution in [0.1, 0.15) is 47.7 Å². The van der Waals surface area contributed by atoms with Gasteiger partial charge in [0.15, 0.2) is 5.69 Å². The normalized spacial score (nSPS) is 18.6. The lowest BCUT2D eigenvalue weighted by atomic mass is 9.90. The minimum absolute atomic E-state index is 0.0225. The quantitative estimate of drug-likeness (QED) is 0.260. The highest BCUT2D eigenvalue weighted by Crippen LogP contribution is 2.34. The third-order valence-electron chi connectivity index (χ3n) is 7.16. The average molecular weight is 573 g/mol. The predicted molar refractivity (Wildman–Crippen MR) is 157 cm³/mol. The molecule has 0 unspecified atom stereocenters. The van der Waals surface area contributed by atoms with E-state index in [0.717, 1.165) is 5.69 Å². The van der Waals surface area contributed by atoms with E-state index in [1.54, 1.807) is 29.3 Å². The summed E-state index contributed by atoms with van der Waals surface area (Å²) in [5, 5.41) is 13.7. The van der Waals surface area contributed by atoms with Crippen LogP contribution >= 0.6 is 0 Å². The zero-order chi connectivity index (χ0) is 30.0. The molecule has 0 spiro atoms. The molecule has 1 saturated heterocycles. The summed E-state index contributed by atoms with van der Waals surface area (Å²) in [5.41, 5.74) is 14.4. The van der Waals surface area contributed by atoms with Gasteiger partial charge in [-0.25, -0.2) is 14.1 Å². The molecular formula is C29H33FN10O2. The molecule has 1 fully saturated rings. The molecule has 0 saturated carbocycles. The SMILES string of the molecule is CC(C)NC(=O)c1ccc(F)c(-c2ccc(N)c(C(=O)Nc3cnccc3N3C[C@@H](N)[C@@H](n4ccnn4)[C@@H](C)C3)n2)c1. The molecule has 12 nitrogen and oxygen atoms in total. The predicted octanol–water partition coefficient (Wildman–Crippen LogP) is 2.87. The monoisotopic (exact) mass is 572 g/mol. The first-order valence-corrected chi connectivity index (χ1v) is 13.6. The van der Waals surface area contributed by atoms with Crippen molar-refractivity contribution in [2.75, 3.05) is 29.0 Å². The molecule has 6 N–H and O–H groups in total. The summed E-state index contributed by atoms with van der Waals surface area (Å²) in [5.74, 6) is -1.39. The summed E-state index contributed by atoms with van der Waals surface area (Å²) in [4.78, 5) is 36.6. The Labute approximate surface area is 242 Å². The van der Waals surface area contributed by atoms with Gasteiger partial charge in [0.05, 0.1) is 41.2 Å². The largest absolute Gasteiger partial charge is 0.397 e. The van der Waals surface area contributed by atoms with E-state index >= 15 is 0 Å². The molecule has 42 heavy (non-hydrogen) atoms. The summed E-state index contributed by atoms with van der Waals surface area (Å²) in [7, 11) is 0. The van der Waals surface area contributed by atoms with Crippen LogP contribution in [0.15, 0.2) is 61.2 Å². The molecule has 1 aromatic carbocycles. The number of benzene rings is 1. The van der Waals surface area contributed by atoms with E-state index in [-0.39, 0.29) is 58.2 Å². The lowest BCUT2D eigenvalue weighted by Crippen LogP contribution is -2.53. The summed E-state index contributed by atoms with van der Waals surface area (Å²) in [6, 6.07) is 8.44. The van der Waals surface area contributed by atoms with Crippen molar-refractivity contribution >= 4 is 28.9 Å². The van der Waals surface area contributed by atoms with E-state index in [9.17, 15) is 14.0 Å². The lowest BCUT2D eigenvalue weighted by Gasteiger charge is -2.42. The number of nitrogens with one attached hydrogen (secondary N) is 2. The highest BCUT2D eigenvalue weighted by atomic mass is 19.1. The number of aromatic nitrogens is 5. The van der Waals surface area contributed by atoms with Crippen LogP contribution in [0, 0.1) is 11.7 Å². The van der Waals surface area contributed by atoms with Crippen LogP contribution < -0.4 is 27.0 Å². The Kier molecular flexibility index (Phi) is 8.11. The molecule has 5 rings (SSSR count). The third kappa shape index (κ3) is 5.91. The van der Waals surface area contributed by atoms with Gasteiger partial charge < -0.3 is 27.0 Å². The number of anilines is 3. The van der Waals surface area contributed by atoms with E-state index in [0.29, 0.717) is 18.8 Å². The minimum atomic E-state index is -0.590. The molecule has 13 heteroatoms. The Balaban J connectivity index is 1.39. The second-order valence-electron chi connectivity index (χ2n) is 10.7. The number of nitrogen functional groups attached to an aromatic ring is 1. The number of piperidine rings is 1. The van der Waals surface area contributed by atoms with E-state index < -0.39 is 11.7 Å². The van der Waals surface area contributed by atoms with Crippen LogP contribution in [0.25, 0.3) is 11.3 Å². The first kappa shape index (κ1) is 28.6. The number of carbonyl (C=O) groups excluding carboxylic acids is 2. The number of rotatable bonds is 7. The molecule has 0 radical (unpaired) electrons. The van der Waals surface area contributed by atoms with Gasteiger partial charge in [-0.2, -0.15) is 0 Å². The van der Waals surface area contributed by atoms with Crippen molar-refractivity contribution in [1.29, 1.82) is 0 Å². The number of nitrogens with two attached hydrogens (primary N) is 2. The van der Waals surface area contributed by atoms with Gasteiger partial charge >= 0.3 is 0 Å². The van der Waals surface area contributed by atoms with Crippen molar-refractivity contribution in [2.45, 2.75) is 38.9 Å². The second-order valence-corrected chi connectivity index (χ2v) is 10.7. The summed E-state index contributed by atoms with van der Waals surface area (Å²) in [6.45, 7) is 6.92. The summed E-state index contributed by atoms with van der Waals surface area (Å²) >= 11 is 0. The Morgan fingerprint density at radius 3 is 2.62 bits per heavy atom. The molecule has 218 valence electrons.